The predicted molar refractivity (Wildman–Crippen MR) is 167 cm³/mol. The van der Waals surface area contributed by atoms with Crippen LogP contribution < -0.4 is 5.69 Å². The number of fused-ring (bicyclic) bond motifs is 1. The normalized spacial score (nSPS) is 13.2. The number of carbonyl (C=O) groups is 2. The molecule has 0 unspecified atom stereocenters. The van der Waals surface area contributed by atoms with E-state index >= 15 is 0 Å². The first-order valence-corrected chi connectivity index (χ1v) is 14.3. The second-order valence-electron chi connectivity index (χ2n) is 10.5. The number of hydrogen-bond donors (Lipinski definition) is 3. The second kappa shape index (κ2) is 13.8. The minimum absolute atomic E-state index is 0.0404. The van der Waals surface area contributed by atoms with Gasteiger partial charge in [0.2, 0.25) is 0 Å². The van der Waals surface area contributed by atoms with Crippen molar-refractivity contribution in [3.8, 4) is 11.5 Å². The molecule has 9 heteroatoms. The summed E-state index contributed by atoms with van der Waals surface area (Å²) in [6.45, 7) is 2.42. The van der Waals surface area contributed by atoms with Crippen LogP contribution in [0.4, 0.5) is 4.39 Å². The summed E-state index contributed by atoms with van der Waals surface area (Å²) in [7, 11) is 0. The molecule has 0 saturated carbocycles. The molecule has 6 rings (SSSR count). The smallest absolute Gasteiger partial charge is 0.330 e. The summed E-state index contributed by atoms with van der Waals surface area (Å²) in [5.74, 6) is -0.839. The van der Waals surface area contributed by atoms with Crippen molar-refractivity contribution in [3.63, 3.8) is 0 Å². The molecule has 0 fully saturated rings. The van der Waals surface area contributed by atoms with Gasteiger partial charge in [-0.25, -0.2) is 9.18 Å². The van der Waals surface area contributed by atoms with Gasteiger partial charge in [-0.3, -0.25) is 19.1 Å². The van der Waals surface area contributed by atoms with Crippen LogP contribution in [0.2, 0.25) is 0 Å². The van der Waals surface area contributed by atoms with Gasteiger partial charge in [-0.1, -0.05) is 48.5 Å². The first kappa shape index (κ1) is 30.2. The van der Waals surface area contributed by atoms with E-state index in [0.29, 0.717) is 17.5 Å². The van der Waals surface area contributed by atoms with Crippen LogP contribution in [-0.2, 0) is 0 Å². The number of ketones is 2. The number of halogens is 1. The summed E-state index contributed by atoms with van der Waals surface area (Å²) in [6, 6.07) is 26.0. The molecule has 4 aromatic carbocycles. The van der Waals surface area contributed by atoms with E-state index in [1.54, 1.807) is 28.8 Å². The molecule has 0 aliphatic carbocycles. The van der Waals surface area contributed by atoms with Gasteiger partial charge in [0.05, 0.1) is 16.6 Å². The van der Waals surface area contributed by atoms with Crippen molar-refractivity contribution in [2.45, 2.75) is 19.3 Å². The van der Waals surface area contributed by atoms with E-state index in [4.69, 9.17) is 5.11 Å². The van der Waals surface area contributed by atoms with Crippen LogP contribution in [-0.4, -0.2) is 55.9 Å². The topological polar surface area (TPSA) is 116 Å². The van der Waals surface area contributed by atoms with Crippen LogP contribution in [0.3, 0.4) is 0 Å². The highest BCUT2D eigenvalue weighted by Gasteiger charge is 2.17. The number of phenols is 2. The highest BCUT2D eigenvalue weighted by molar-refractivity contribution is 6.10. The lowest BCUT2D eigenvalue weighted by Crippen LogP contribution is -2.32. The number of benzene rings is 4. The van der Waals surface area contributed by atoms with Crippen LogP contribution >= 0.6 is 0 Å². The number of imidazole rings is 1. The number of aromatic nitrogens is 2. The SMILES string of the molecule is O=C(CCCN1CC=C(n2c(=O)[nH]c3ccccc32)CC1)c1ccc(F)cc1.O=C(c1ccccc1)c1ccc(O)cc1O. The number of aromatic amines is 1. The van der Waals surface area contributed by atoms with Crippen molar-refractivity contribution in [2.75, 3.05) is 19.6 Å². The van der Waals surface area contributed by atoms with Gasteiger partial charge in [0.25, 0.3) is 0 Å². The lowest BCUT2D eigenvalue weighted by molar-refractivity contribution is 0.0974. The molecule has 2 heterocycles. The Labute approximate surface area is 253 Å². The summed E-state index contributed by atoms with van der Waals surface area (Å²) in [5.41, 5.74) is 3.90. The largest absolute Gasteiger partial charge is 0.508 e. The quantitative estimate of drug-likeness (QED) is 0.190. The molecule has 0 bridgehead atoms. The summed E-state index contributed by atoms with van der Waals surface area (Å²) >= 11 is 0. The first-order valence-electron chi connectivity index (χ1n) is 14.3. The van der Waals surface area contributed by atoms with E-state index in [-0.39, 0.29) is 40.1 Å². The molecular weight excluding hydrogens is 561 g/mol. The molecule has 8 nitrogen and oxygen atoms in total. The van der Waals surface area contributed by atoms with E-state index in [0.717, 1.165) is 55.3 Å². The third-order valence-electron chi connectivity index (χ3n) is 7.45. The Morgan fingerprint density at radius 1 is 0.864 bits per heavy atom. The van der Waals surface area contributed by atoms with Crippen molar-refractivity contribution >= 4 is 28.3 Å². The molecular formula is C35H32FN3O5. The van der Waals surface area contributed by atoms with Crippen molar-refractivity contribution in [3.05, 3.63) is 136 Å². The standard InChI is InChI=1S/C22H22FN3O2.C13H10O3/c23-17-9-7-16(8-10-17)21(27)6-3-13-25-14-11-18(12-15-25)26-20-5-2-1-4-19(20)24-22(26)28;14-10-6-7-11(12(15)8-10)13(16)9-4-2-1-3-5-9/h1-2,4-5,7-11H,3,6,12-15H2,(H,24,28);1-8,14-15H. The number of phenolic OH excluding ortho intramolecular Hbond substituents is 2. The fourth-order valence-corrected chi connectivity index (χ4v) is 5.15. The maximum atomic E-state index is 12.9. The van der Waals surface area contributed by atoms with Gasteiger partial charge < -0.3 is 15.2 Å². The molecule has 0 atom stereocenters. The van der Waals surface area contributed by atoms with Crippen LogP contribution in [0.5, 0.6) is 11.5 Å². The van der Waals surface area contributed by atoms with Gasteiger partial charge in [-0.05, 0) is 61.5 Å². The third-order valence-corrected chi connectivity index (χ3v) is 7.45. The zero-order valence-electron chi connectivity index (χ0n) is 23.9. The molecule has 1 aliphatic heterocycles. The monoisotopic (exact) mass is 593 g/mol. The molecule has 0 spiro atoms. The lowest BCUT2D eigenvalue weighted by Gasteiger charge is -2.26. The van der Waals surface area contributed by atoms with Gasteiger partial charge >= 0.3 is 5.69 Å². The predicted octanol–water partition coefficient (Wildman–Crippen LogP) is 6.01. The Kier molecular flexibility index (Phi) is 9.46. The second-order valence-corrected chi connectivity index (χ2v) is 10.5. The number of carbonyl (C=O) groups excluding carboxylic acids is 2. The minimum Gasteiger partial charge on any atom is -0.508 e. The minimum atomic E-state index is -0.332. The van der Waals surface area contributed by atoms with Crippen molar-refractivity contribution in [1.29, 1.82) is 0 Å². The van der Waals surface area contributed by atoms with Crippen LogP contribution in [0, 0.1) is 5.82 Å². The van der Waals surface area contributed by atoms with Crippen molar-refractivity contribution in [2.24, 2.45) is 0 Å². The number of Topliss-reactive ketones (excluding diaryl/α,β-unsaturated/α-hetero) is 1. The third kappa shape index (κ3) is 7.19. The molecule has 5 aromatic rings. The zero-order valence-corrected chi connectivity index (χ0v) is 23.9. The van der Waals surface area contributed by atoms with E-state index < -0.39 is 0 Å². The fourth-order valence-electron chi connectivity index (χ4n) is 5.15. The van der Waals surface area contributed by atoms with Crippen LogP contribution in [0.1, 0.15) is 45.5 Å². The Hall–Kier alpha value is -5.28. The van der Waals surface area contributed by atoms with E-state index in [2.05, 4.69) is 16.0 Å². The number of nitrogens with one attached hydrogen (secondary N) is 1. The van der Waals surface area contributed by atoms with Gasteiger partial charge in [-0.2, -0.15) is 0 Å². The number of para-hydroxylation sites is 2. The fraction of sp³-hybridized carbons (Fsp3) is 0.171. The van der Waals surface area contributed by atoms with Gasteiger partial charge in [0.1, 0.15) is 17.3 Å². The highest BCUT2D eigenvalue weighted by atomic mass is 19.1. The van der Waals surface area contributed by atoms with Crippen LogP contribution in [0.25, 0.3) is 16.7 Å². The average molecular weight is 594 g/mol. The van der Waals surface area contributed by atoms with Crippen molar-refractivity contribution in [1.82, 2.24) is 14.5 Å². The van der Waals surface area contributed by atoms with Crippen LogP contribution in [0.15, 0.2) is 108 Å². The summed E-state index contributed by atoms with van der Waals surface area (Å²) in [6.07, 6.45) is 4.08. The Balaban J connectivity index is 0.000000204. The molecule has 0 amide bonds. The summed E-state index contributed by atoms with van der Waals surface area (Å²) in [4.78, 5) is 41.6. The molecule has 44 heavy (non-hydrogen) atoms. The van der Waals surface area contributed by atoms with Gasteiger partial charge in [0.15, 0.2) is 11.6 Å². The summed E-state index contributed by atoms with van der Waals surface area (Å²) in [5, 5.41) is 18.7. The maximum absolute atomic E-state index is 12.9. The average Bonchev–Trinajstić information content (AvgIpc) is 3.38. The number of aromatic hydroxyl groups is 2. The Morgan fingerprint density at radius 2 is 1.59 bits per heavy atom. The van der Waals surface area contributed by atoms with Gasteiger partial charge in [0, 0.05) is 48.8 Å². The van der Waals surface area contributed by atoms with E-state index in [1.807, 2.05) is 30.3 Å². The zero-order chi connectivity index (χ0) is 31.1. The molecule has 0 radical (unpaired) electrons. The first-order chi connectivity index (χ1) is 21.3. The van der Waals surface area contributed by atoms with E-state index in [1.165, 1.54) is 36.4 Å². The van der Waals surface area contributed by atoms with Crippen molar-refractivity contribution < 1.29 is 24.2 Å². The highest BCUT2D eigenvalue weighted by Crippen LogP contribution is 2.25. The van der Waals surface area contributed by atoms with Gasteiger partial charge in [-0.15, -0.1) is 0 Å². The molecule has 1 aliphatic rings. The molecule has 3 N–H and O–H groups in total. The summed E-state index contributed by atoms with van der Waals surface area (Å²) < 4.78 is 14.7. The number of nitrogens with zero attached hydrogens (tertiary/aromatic N) is 2. The Bertz CT molecular complexity index is 1860. The van der Waals surface area contributed by atoms with E-state index in [9.17, 15) is 23.9 Å². The lowest BCUT2D eigenvalue weighted by atomic mass is 10.0. The maximum Gasteiger partial charge on any atom is 0.330 e. The number of rotatable bonds is 8. The molecule has 0 saturated heterocycles. The Morgan fingerprint density at radius 3 is 2.30 bits per heavy atom. The molecule has 1 aromatic heterocycles. The number of hydrogen-bond acceptors (Lipinski definition) is 6. The molecule has 224 valence electrons. The number of H-pyrrole nitrogens is 1.